The van der Waals surface area contributed by atoms with Crippen molar-refractivity contribution in [2.24, 2.45) is 0 Å². The predicted molar refractivity (Wildman–Crippen MR) is 87.4 cm³/mol. The average molecular weight is 320 g/mol. The molecule has 0 aliphatic rings. The zero-order chi connectivity index (χ0) is 16.1. The molecule has 116 valence electrons. The van der Waals surface area contributed by atoms with Crippen LogP contribution in [0.5, 0.6) is 5.75 Å². The van der Waals surface area contributed by atoms with Crippen LogP contribution in [0.1, 0.15) is 18.2 Å². The Morgan fingerprint density at radius 3 is 2.73 bits per heavy atom. The lowest BCUT2D eigenvalue weighted by Gasteiger charge is -2.07. The molecule has 1 N–H and O–H groups in total. The highest BCUT2D eigenvalue weighted by atomic mass is 35.5. The molecule has 22 heavy (non-hydrogen) atoms. The van der Waals surface area contributed by atoms with Gasteiger partial charge in [0.05, 0.1) is 12.1 Å². The normalized spacial score (nSPS) is 10.4. The molecule has 1 aromatic carbocycles. The number of ether oxygens (including phenoxy) is 1. The van der Waals surface area contributed by atoms with Gasteiger partial charge in [0.2, 0.25) is 6.54 Å². The Kier molecular flexibility index (Phi) is 5.39. The van der Waals surface area contributed by atoms with E-state index in [4.69, 9.17) is 16.3 Å². The van der Waals surface area contributed by atoms with E-state index in [1.54, 1.807) is 25.3 Å². The first-order chi connectivity index (χ1) is 10.5. The van der Waals surface area contributed by atoms with Gasteiger partial charge in [-0.2, -0.15) is 4.57 Å². The van der Waals surface area contributed by atoms with Crippen LogP contribution >= 0.6 is 11.6 Å². The Labute approximate surface area is 135 Å². The van der Waals surface area contributed by atoms with Crippen LogP contribution in [0.15, 0.2) is 36.5 Å². The van der Waals surface area contributed by atoms with Crippen molar-refractivity contribution in [3.63, 3.8) is 0 Å². The third-order valence-electron chi connectivity index (χ3n) is 3.47. The summed E-state index contributed by atoms with van der Waals surface area (Å²) in [6.07, 6.45) is 2.95. The highest BCUT2D eigenvalue weighted by molar-refractivity contribution is 6.32. The Hall–Kier alpha value is -2.07. The molecule has 0 saturated heterocycles. The fourth-order valence-corrected chi connectivity index (χ4v) is 2.40. The van der Waals surface area contributed by atoms with Crippen LogP contribution in [0.25, 0.3) is 0 Å². The Bertz CT molecular complexity index is 686. The first-order valence-electron chi connectivity index (χ1n) is 7.16. The van der Waals surface area contributed by atoms with Crippen molar-refractivity contribution in [2.45, 2.75) is 26.8 Å². The summed E-state index contributed by atoms with van der Waals surface area (Å²) >= 11 is 6.06. The highest BCUT2D eigenvalue weighted by Gasteiger charge is 2.14. The van der Waals surface area contributed by atoms with Crippen molar-refractivity contribution in [2.75, 3.05) is 12.4 Å². The molecule has 1 aromatic heterocycles. The van der Waals surface area contributed by atoms with Gasteiger partial charge in [-0.05, 0) is 30.7 Å². The number of aryl methyl sites for hydroxylation is 2. The number of carbonyl (C=O) groups excluding carboxylic acids is 1. The van der Waals surface area contributed by atoms with Crippen LogP contribution < -0.4 is 14.6 Å². The van der Waals surface area contributed by atoms with Gasteiger partial charge in [0, 0.05) is 24.2 Å². The summed E-state index contributed by atoms with van der Waals surface area (Å²) in [4.78, 5) is 12.2. The number of pyridine rings is 1. The maximum absolute atomic E-state index is 12.2. The quantitative estimate of drug-likeness (QED) is 0.860. The summed E-state index contributed by atoms with van der Waals surface area (Å²) in [7, 11) is 1.56. The van der Waals surface area contributed by atoms with E-state index in [9.17, 15) is 4.79 Å². The Morgan fingerprint density at radius 1 is 1.32 bits per heavy atom. The molecule has 1 heterocycles. The topological polar surface area (TPSA) is 42.2 Å². The second-order valence-corrected chi connectivity index (χ2v) is 5.46. The summed E-state index contributed by atoms with van der Waals surface area (Å²) in [5.41, 5.74) is 2.90. The van der Waals surface area contributed by atoms with Gasteiger partial charge in [0.1, 0.15) is 5.75 Å². The van der Waals surface area contributed by atoms with Crippen molar-refractivity contribution >= 4 is 23.2 Å². The summed E-state index contributed by atoms with van der Waals surface area (Å²) in [5, 5.41) is 3.32. The number of anilines is 1. The van der Waals surface area contributed by atoms with Crippen molar-refractivity contribution < 1.29 is 14.1 Å². The molecule has 0 aliphatic heterocycles. The van der Waals surface area contributed by atoms with E-state index < -0.39 is 0 Å². The van der Waals surface area contributed by atoms with E-state index in [1.165, 1.54) is 5.56 Å². The molecule has 0 atom stereocenters. The molecule has 0 aliphatic carbocycles. The summed E-state index contributed by atoms with van der Waals surface area (Å²) in [6, 6.07) is 9.28. The van der Waals surface area contributed by atoms with E-state index in [0.29, 0.717) is 16.5 Å². The van der Waals surface area contributed by atoms with Crippen LogP contribution in [0.3, 0.4) is 0 Å². The molecule has 5 heteroatoms. The molecule has 2 rings (SSSR count). The number of amides is 1. The first-order valence-corrected chi connectivity index (χ1v) is 7.53. The van der Waals surface area contributed by atoms with Gasteiger partial charge in [-0.25, -0.2) is 0 Å². The molecular formula is C17H20ClN2O2+. The second-order valence-electron chi connectivity index (χ2n) is 5.06. The maximum Gasteiger partial charge on any atom is 0.290 e. The molecule has 0 radical (unpaired) electrons. The molecule has 0 unspecified atom stereocenters. The van der Waals surface area contributed by atoms with Crippen LogP contribution in [0.2, 0.25) is 5.02 Å². The largest absolute Gasteiger partial charge is 0.495 e. The van der Waals surface area contributed by atoms with Gasteiger partial charge in [0.25, 0.3) is 5.91 Å². The lowest BCUT2D eigenvalue weighted by molar-refractivity contribution is -0.690. The van der Waals surface area contributed by atoms with Crippen molar-refractivity contribution in [1.29, 1.82) is 0 Å². The fourth-order valence-electron chi connectivity index (χ4n) is 2.15. The maximum atomic E-state index is 12.2. The van der Waals surface area contributed by atoms with E-state index in [0.717, 1.165) is 12.1 Å². The molecular weight excluding hydrogens is 300 g/mol. The first kappa shape index (κ1) is 16.3. The van der Waals surface area contributed by atoms with Crippen LogP contribution in [-0.4, -0.2) is 13.0 Å². The van der Waals surface area contributed by atoms with E-state index >= 15 is 0 Å². The lowest BCUT2D eigenvalue weighted by atomic mass is 10.2. The molecule has 1 amide bonds. The molecule has 0 spiro atoms. The molecule has 0 fully saturated rings. The van der Waals surface area contributed by atoms with Crippen molar-refractivity contribution in [1.82, 2.24) is 0 Å². The minimum atomic E-state index is -0.0948. The van der Waals surface area contributed by atoms with E-state index in [2.05, 4.69) is 18.3 Å². The number of nitrogens with zero attached hydrogens (tertiary/aromatic N) is 1. The number of hydrogen-bond acceptors (Lipinski definition) is 2. The van der Waals surface area contributed by atoms with Crippen LogP contribution in [0.4, 0.5) is 5.69 Å². The SMILES string of the molecule is CCc1ccc(C)[n+](CC(=O)Nc2ccc(OC)c(Cl)c2)c1. The van der Waals surface area contributed by atoms with Gasteiger partial charge in [0.15, 0.2) is 11.9 Å². The summed E-state index contributed by atoms with van der Waals surface area (Å²) in [6.45, 7) is 4.34. The fraction of sp³-hybridized carbons (Fsp3) is 0.294. The zero-order valence-electron chi connectivity index (χ0n) is 13.0. The minimum absolute atomic E-state index is 0.0948. The zero-order valence-corrected chi connectivity index (χ0v) is 13.8. The monoisotopic (exact) mass is 319 g/mol. The number of benzene rings is 1. The Morgan fingerprint density at radius 2 is 2.09 bits per heavy atom. The number of hydrogen-bond donors (Lipinski definition) is 1. The highest BCUT2D eigenvalue weighted by Crippen LogP contribution is 2.27. The number of rotatable bonds is 5. The molecule has 0 saturated carbocycles. The van der Waals surface area contributed by atoms with Crippen LogP contribution in [0, 0.1) is 6.92 Å². The molecule has 4 nitrogen and oxygen atoms in total. The van der Waals surface area contributed by atoms with Gasteiger partial charge in [-0.15, -0.1) is 0 Å². The van der Waals surface area contributed by atoms with Crippen molar-refractivity contribution in [3.8, 4) is 5.75 Å². The summed E-state index contributed by atoms with van der Waals surface area (Å²) in [5.74, 6) is 0.489. The van der Waals surface area contributed by atoms with Gasteiger partial charge in [-0.3, -0.25) is 4.79 Å². The lowest BCUT2D eigenvalue weighted by Crippen LogP contribution is -2.43. The average Bonchev–Trinajstić information content (AvgIpc) is 2.49. The third kappa shape index (κ3) is 3.98. The standard InChI is InChI=1S/C17H19ClN2O2/c1-4-13-6-5-12(2)20(10-13)11-17(21)19-14-7-8-16(22-3)15(18)9-14/h5-10H,4,11H2,1-3H3/p+1. The summed E-state index contributed by atoms with van der Waals surface area (Å²) < 4.78 is 7.04. The predicted octanol–water partition coefficient (Wildman–Crippen LogP) is 3.15. The minimum Gasteiger partial charge on any atom is -0.495 e. The number of carbonyl (C=O) groups is 1. The third-order valence-corrected chi connectivity index (χ3v) is 3.77. The molecule has 0 bridgehead atoms. The van der Waals surface area contributed by atoms with Gasteiger partial charge < -0.3 is 10.1 Å². The number of methoxy groups -OCH3 is 1. The smallest absolute Gasteiger partial charge is 0.290 e. The number of aromatic nitrogens is 1. The number of halogens is 1. The molecule has 2 aromatic rings. The number of nitrogens with one attached hydrogen (secondary N) is 1. The van der Waals surface area contributed by atoms with E-state index in [1.807, 2.05) is 23.8 Å². The van der Waals surface area contributed by atoms with E-state index in [-0.39, 0.29) is 12.5 Å². The second kappa shape index (κ2) is 7.27. The van der Waals surface area contributed by atoms with Gasteiger partial charge >= 0.3 is 0 Å². The van der Waals surface area contributed by atoms with Crippen LogP contribution in [-0.2, 0) is 17.8 Å². The Balaban J connectivity index is 2.08. The van der Waals surface area contributed by atoms with Crippen molar-refractivity contribution in [3.05, 3.63) is 52.8 Å². The van der Waals surface area contributed by atoms with Gasteiger partial charge in [-0.1, -0.05) is 18.5 Å².